The van der Waals surface area contributed by atoms with E-state index >= 15 is 0 Å². The van der Waals surface area contributed by atoms with Gasteiger partial charge in [-0.05, 0) is 34.9 Å². The van der Waals surface area contributed by atoms with Crippen molar-refractivity contribution in [3.63, 3.8) is 0 Å². The molecule has 0 aliphatic rings. The summed E-state index contributed by atoms with van der Waals surface area (Å²) >= 11 is 2.19. The van der Waals surface area contributed by atoms with Gasteiger partial charge >= 0.3 is 0 Å². The van der Waals surface area contributed by atoms with Crippen LogP contribution < -0.4 is 5.73 Å². The molecule has 0 radical (unpaired) electrons. The third-order valence-corrected chi connectivity index (χ3v) is 2.58. The first kappa shape index (κ1) is 9.83. The quantitative estimate of drug-likeness (QED) is 0.861. The van der Waals surface area contributed by atoms with Crippen LogP contribution in [0.5, 0.6) is 0 Å². The summed E-state index contributed by atoms with van der Waals surface area (Å²) in [7, 11) is 0. The van der Waals surface area contributed by atoms with Gasteiger partial charge in [0.25, 0.3) is 0 Å². The molecule has 0 fully saturated rings. The second-order valence-corrected chi connectivity index (χ2v) is 4.45. The molecule has 1 heterocycles. The number of hydrogen-bond donors (Lipinski definition) is 1. The zero-order valence-electron chi connectivity index (χ0n) is 7.42. The Labute approximate surface area is 86.5 Å². The van der Waals surface area contributed by atoms with E-state index in [2.05, 4.69) is 41.5 Å². The van der Waals surface area contributed by atoms with Gasteiger partial charge in [-0.3, -0.25) is 0 Å². The number of nitrogen functional groups attached to an aromatic ring is 1. The predicted molar refractivity (Wildman–Crippen MR) is 58.8 cm³/mol. The minimum Gasteiger partial charge on any atom is -0.383 e. The van der Waals surface area contributed by atoms with E-state index in [0.717, 1.165) is 22.4 Å². The highest BCUT2D eigenvalue weighted by atomic mass is 127. The molecule has 4 heteroatoms. The Hall–Kier alpha value is -0.260. The minimum absolute atomic E-state index is 0.700. The largest absolute Gasteiger partial charge is 0.383 e. The van der Waals surface area contributed by atoms with E-state index in [9.17, 15) is 0 Å². The standard InChI is InChI=1S/C8H14IN3/c1-6(2)3-4-12-8(10)7(9)5-11-12/h5-6H,3-4,10H2,1-2H3. The van der Waals surface area contributed by atoms with E-state index in [1.165, 1.54) is 0 Å². The van der Waals surface area contributed by atoms with Crippen LogP contribution in [0.4, 0.5) is 5.82 Å². The topological polar surface area (TPSA) is 43.8 Å². The molecular weight excluding hydrogens is 265 g/mol. The molecule has 0 saturated carbocycles. The van der Waals surface area contributed by atoms with E-state index in [-0.39, 0.29) is 0 Å². The molecule has 12 heavy (non-hydrogen) atoms. The zero-order valence-corrected chi connectivity index (χ0v) is 9.58. The third-order valence-electron chi connectivity index (χ3n) is 1.75. The summed E-state index contributed by atoms with van der Waals surface area (Å²) in [5.41, 5.74) is 5.78. The van der Waals surface area contributed by atoms with Gasteiger partial charge in [0.1, 0.15) is 5.82 Å². The molecule has 3 nitrogen and oxygen atoms in total. The summed E-state index contributed by atoms with van der Waals surface area (Å²) < 4.78 is 2.90. The molecule has 68 valence electrons. The second kappa shape index (κ2) is 4.11. The van der Waals surface area contributed by atoms with E-state index in [0.29, 0.717) is 5.92 Å². The highest BCUT2D eigenvalue weighted by Crippen LogP contribution is 2.14. The summed E-state index contributed by atoms with van der Waals surface area (Å²) in [6.45, 7) is 5.32. The molecule has 0 aromatic carbocycles. The van der Waals surface area contributed by atoms with Crippen LogP contribution in [-0.4, -0.2) is 9.78 Å². The number of rotatable bonds is 3. The molecule has 0 spiro atoms. The first-order chi connectivity index (χ1) is 5.61. The van der Waals surface area contributed by atoms with Crippen molar-refractivity contribution in [3.05, 3.63) is 9.77 Å². The number of hydrogen-bond acceptors (Lipinski definition) is 2. The highest BCUT2D eigenvalue weighted by molar-refractivity contribution is 14.1. The Morgan fingerprint density at radius 2 is 2.33 bits per heavy atom. The van der Waals surface area contributed by atoms with Gasteiger partial charge in [0.15, 0.2) is 0 Å². The van der Waals surface area contributed by atoms with E-state index in [1.54, 1.807) is 6.20 Å². The highest BCUT2D eigenvalue weighted by Gasteiger charge is 2.04. The van der Waals surface area contributed by atoms with Gasteiger partial charge < -0.3 is 5.73 Å². The zero-order chi connectivity index (χ0) is 9.14. The number of aryl methyl sites for hydroxylation is 1. The van der Waals surface area contributed by atoms with E-state index in [4.69, 9.17) is 5.73 Å². The molecule has 1 aromatic rings. The van der Waals surface area contributed by atoms with Crippen LogP contribution in [0.25, 0.3) is 0 Å². The van der Waals surface area contributed by atoms with Crippen molar-refractivity contribution in [2.75, 3.05) is 5.73 Å². The van der Waals surface area contributed by atoms with Gasteiger partial charge in [-0.25, -0.2) is 4.68 Å². The summed E-state index contributed by atoms with van der Waals surface area (Å²) in [6, 6.07) is 0. The second-order valence-electron chi connectivity index (χ2n) is 3.28. The average Bonchev–Trinajstić information content (AvgIpc) is 2.30. The lowest BCUT2D eigenvalue weighted by Crippen LogP contribution is -2.07. The fourth-order valence-corrected chi connectivity index (χ4v) is 1.33. The average molecular weight is 279 g/mol. The Balaban J connectivity index is 2.58. The maximum absolute atomic E-state index is 5.78. The monoisotopic (exact) mass is 279 g/mol. The van der Waals surface area contributed by atoms with Crippen LogP contribution in [0.2, 0.25) is 0 Å². The Bertz CT molecular complexity index is 255. The van der Waals surface area contributed by atoms with Gasteiger partial charge in [-0.15, -0.1) is 0 Å². The lowest BCUT2D eigenvalue weighted by molar-refractivity contribution is 0.491. The maximum atomic E-state index is 5.78. The molecule has 0 unspecified atom stereocenters. The predicted octanol–water partition coefficient (Wildman–Crippen LogP) is 2.12. The van der Waals surface area contributed by atoms with Crippen LogP contribution in [0.15, 0.2) is 6.20 Å². The Morgan fingerprint density at radius 3 is 2.75 bits per heavy atom. The van der Waals surface area contributed by atoms with Crippen molar-refractivity contribution in [3.8, 4) is 0 Å². The van der Waals surface area contributed by atoms with Gasteiger partial charge in [0, 0.05) is 6.54 Å². The fraction of sp³-hybridized carbons (Fsp3) is 0.625. The van der Waals surface area contributed by atoms with Gasteiger partial charge in [0.2, 0.25) is 0 Å². The Kier molecular flexibility index (Phi) is 3.37. The molecular formula is C8H14IN3. The number of aromatic nitrogens is 2. The lowest BCUT2D eigenvalue weighted by atomic mass is 10.1. The minimum atomic E-state index is 0.700. The molecule has 0 atom stereocenters. The van der Waals surface area contributed by atoms with Gasteiger partial charge in [-0.1, -0.05) is 13.8 Å². The van der Waals surface area contributed by atoms with Crippen molar-refractivity contribution in [1.82, 2.24) is 9.78 Å². The van der Waals surface area contributed by atoms with Crippen LogP contribution in [0.1, 0.15) is 20.3 Å². The summed E-state index contributed by atoms with van der Waals surface area (Å²) in [4.78, 5) is 0. The Morgan fingerprint density at radius 1 is 1.67 bits per heavy atom. The van der Waals surface area contributed by atoms with Crippen molar-refractivity contribution in [2.45, 2.75) is 26.8 Å². The fourth-order valence-electron chi connectivity index (χ4n) is 0.931. The van der Waals surface area contributed by atoms with Gasteiger partial charge in [0.05, 0.1) is 9.77 Å². The van der Waals surface area contributed by atoms with Crippen molar-refractivity contribution in [1.29, 1.82) is 0 Å². The summed E-state index contributed by atoms with van der Waals surface area (Å²) in [5, 5.41) is 4.17. The van der Waals surface area contributed by atoms with Crippen molar-refractivity contribution in [2.24, 2.45) is 5.92 Å². The van der Waals surface area contributed by atoms with Crippen LogP contribution >= 0.6 is 22.6 Å². The van der Waals surface area contributed by atoms with Crippen LogP contribution in [-0.2, 0) is 6.54 Å². The molecule has 0 amide bonds. The van der Waals surface area contributed by atoms with Crippen LogP contribution in [0.3, 0.4) is 0 Å². The number of anilines is 1. The van der Waals surface area contributed by atoms with Crippen molar-refractivity contribution >= 4 is 28.4 Å². The first-order valence-corrected chi connectivity index (χ1v) is 5.16. The molecule has 0 aliphatic heterocycles. The SMILES string of the molecule is CC(C)CCn1ncc(I)c1N. The third kappa shape index (κ3) is 2.36. The summed E-state index contributed by atoms with van der Waals surface area (Å²) in [6.07, 6.45) is 2.93. The normalized spacial score (nSPS) is 11.0. The molecule has 1 aromatic heterocycles. The summed E-state index contributed by atoms with van der Waals surface area (Å²) in [5.74, 6) is 1.49. The number of halogens is 1. The molecule has 0 saturated heterocycles. The lowest BCUT2D eigenvalue weighted by Gasteiger charge is -2.05. The molecule has 1 rings (SSSR count). The van der Waals surface area contributed by atoms with E-state index < -0.39 is 0 Å². The maximum Gasteiger partial charge on any atom is 0.135 e. The van der Waals surface area contributed by atoms with Gasteiger partial charge in [-0.2, -0.15) is 5.10 Å². The molecule has 0 aliphatic carbocycles. The smallest absolute Gasteiger partial charge is 0.135 e. The number of nitrogens with zero attached hydrogens (tertiary/aromatic N) is 2. The number of nitrogens with two attached hydrogens (primary N) is 1. The molecule has 0 bridgehead atoms. The van der Waals surface area contributed by atoms with Crippen molar-refractivity contribution < 1.29 is 0 Å². The first-order valence-electron chi connectivity index (χ1n) is 4.08. The van der Waals surface area contributed by atoms with Crippen LogP contribution in [0, 0.1) is 9.49 Å². The molecule has 2 N–H and O–H groups in total. The van der Waals surface area contributed by atoms with E-state index in [1.807, 2.05) is 4.68 Å².